The van der Waals surface area contributed by atoms with Gasteiger partial charge >= 0.3 is 0 Å². The van der Waals surface area contributed by atoms with Crippen molar-refractivity contribution in [1.82, 2.24) is 0 Å². The summed E-state index contributed by atoms with van der Waals surface area (Å²) in [6.45, 7) is 6.63. The Balaban J connectivity index is 2.17. The van der Waals surface area contributed by atoms with Gasteiger partial charge in [-0.25, -0.2) is 0 Å². The molecule has 0 saturated carbocycles. The molecule has 0 bridgehead atoms. The summed E-state index contributed by atoms with van der Waals surface area (Å²) < 4.78 is 5.37. The van der Waals surface area contributed by atoms with E-state index < -0.39 is 0 Å². The summed E-state index contributed by atoms with van der Waals surface area (Å²) in [5.74, 6) is 0.731. The van der Waals surface area contributed by atoms with Gasteiger partial charge in [-0.2, -0.15) is 0 Å². The van der Waals surface area contributed by atoms with Gasteiger partial charge in [-0.1, -0.05) is 69.3 Å². The number of ether oxygens (including phenoxy) is 1. The summed E-state index contributed by atoms with van der Waals surface area (Å²) in [6, 6.07) is 15.2. The van der Waals surface area contributed by atoms with Crippen molar-refractivity contribution in [1.29, 1.82) is 0 Å². The molecule has 1 aliphatic rings. The van der Waals surface area contributed by atoms with Crippen LogP contribution in [0.15, 0.2) is 66.3 Å². The van der Waals surface area contributed by atoms with Crippen LogP contribution in [0.3, 0.4) is 0 Å². The predicted octanol–water partition coefficient (Wildman–Crippen LogP) is 5.69. The maximum Gasteiger partial charge on any atom is 0.193 e. The molecule has 128 valence electrons. The monoisotopic (exact) mass is 332 g/mol. The van der Waals surface area contributed by atoms with E-state index in [0.29, 0.717) is 16.9 Å². The molecule has 2 aromatic carbocycles. The third-order valence-electron chi connectivity index (χ3n) is 4.57. The molecule has 2 nitrogen and oxygen atoms in total. The van der Waals surface area contributed by atoms with Crippen molar-refractivity contribution in [2.75, 3.05) is 7.11 Å². The van der Waals surface area contributed by atoms with Crippen molar-refractivity contribution in [2.45, 2.75) is 27.2 Å². The van der Waals surface area contributed by atoms with Gasteiger partial charge in [0.05, 0.1) is 7.11 Å². The third kappa shape index (κ3) is 3.43. The molecule has 2 heteroatoms. The molecule has 0 saturated heterocycles. The fourth-order valence-corrected chi connectivity index (χ4v) is 3.31. The Bertz CT molecular complexity index is 849. The first-order chi connectivity index (χ1) is 11.9. The van der Waals surface area contributed by atoms with Crippen molar-refractivity contribution in [3.8, 4) is 5.75 Å². The Hall–Kier alpha value is -2.61. The van der Waals surface area contributed by atoms with Gasteiger partial charge in [-0.3, -0.25) is 4.79 Å². The highest BCUT2D eigenvalue weighted by molar-refractivity contribution is 6.12. The van der Waals surface area contributed by atoms with Crippen LogP contribution in [0.2, 0.25) is 0 Å². The fourth-order valence-electron chi connectivity index (χ4n) is 3.31. The molecule has 0 atom stereocenters. The smallest absolute Gasteiger partial charge is 0.193 e. The number of hydrogen-bond donors (Lipinski definition) is 0. The number of benzene rings is 2. The van der Waals surface area contributed by atoms with Gasteiger partial charge in [0.1, 0.15) is 5.75 Å². The summed E-state index contributed by atoms with van der Waals surface area (Å²) in [7, 11) is 1.63. The van der Waals surface area contributed by atoms with Crippen molar-refractivity contribution < 1.29 is 9.53 Å². The molecule has 0 aliphatic heterocycles. The number of methoxy groups -OCH3 is 1. The number of carbonyl (C=O) groups is 1. The Morgan fingerprint density at radius 2 is 1.76 bits per heavy atom. The molecule has 0 amide bonds. The van der Waals surface area contributed by atoms with Gasteiger partial charge in [0.25, 0.3) is 0 Å². The number of hydrogen-bond acceptors (Lipinski definition) is 2. The average molecular weight is 332 g/mol. The first kappa shape index (κ1) is 17.2. The summed E-state index contributed by atoms with van der Waals surface area (Å²) in [5.41, 5.74) is 4.96. The third-order valence-corrected chi connectivity index (χ3v) is 4.57. The first-order valence-electron chi connectivity index (χ1n) is 8.60. The normalized spacial score (nSPS) is 14.1. The number of ketones is 1. The van der Waals surface area contributed by atoms with Gasteiger partial charge in [0.2, 0.25) is 0 Å². The van der Waals surface area contributed by atoms with E-state index in [1.54, 1.807) is 7.11 Å². The lowest BCUT2D eigenvalue weighted by Crippen LogP contribution is -2.11. The van der Waals surface area contributed by atoms with Crippen LogP contribution in [0, 0.1) is 5.41 Å². The van der Waals surface area contributed by atoms with Crippen LogP contribution >= 0.6 is 0 Å². The first-order valence-corrected chi connectivity index (χ1v) is 8.60. The highest BCUT2D eigenvalue weighted by Gasteiger charge is 2.25. The molecule has 1 aliphatic carbocycles. The standard InChI is InChI=1S/C23H24O2/c1-23(2,3)21-12-8-11-19(21)18-14-13-17(25-4)15-20(18)22(24)16-9-6-5-7-10-16/h5-10,12-15H,11H2,1-4H3. The zero-order valence-electron chi connectivity index (χ0n) is 15.3. The molecule has 2 aromatic rings. The van der Waals surface area contributed by atoms with Gasteiger partial charge in [0, 0.05) is 11.1 Å². The quantitative estimate of drug-likeness (QED) is 0.673. The van der Waals surface area contributed by atoms with Crippen molar-refractivity contribution in [3.63, 3.8) is 0 Å². The Kier molecular flexibility index (Phi) is 4.63. The molecule has 0 spiro atoms. The van der Waals surface area contributed by atoms with Gasteiger partial charge in [-0.05, 0) is 40.7 Å². The number of rotatable bonds is 4. The van der Waals surface area contributed by atoms with Crippen LogP contribution < -0.4 is 4.74 Å². The number of allylic oxidation sites excluding steroid dienone is 4. The molecule has 25 heavy (non-hydrogen) atoms. The summed E-state index contributed by atoms with van der Waals surface area (Å²) in [6.07, 6.45) is 5.22. The summed E-state index contributed by atoms with van der Waals surface area (Å²) >= 11 is 0. The topological polar surface area (TPSA) is 26.3 Å². The molecule has 0 unspecified atom stereocenters. The van der Waals surface area contributed by atoms with Crippen molar-refractivity contribution in [2.24, 2.45) is 5.41 Å². The van der Waals surface area contributed by atoms with Gasteiger partial charge in [-0.15, -0.1) is 0 Å². The molecule has 0 radical (unpaired) electrons. The molecule has 0 aromatic heterocycles. The zero-order chi connectivity index (χ0) is 18.0. The molecular weight excluding hydrogens is 308 g/mol. The van der Waals surface area contributed by atoms with Crippen LogP contribution in [-0.4, -0.2) is 12.9 Å². The Morgan fingerprint density at radius 3 is 2.40 bits per heavy atom. The van der Waals surface area contributed by atoms with E-state index in [-0.39, 0.29) is 11.2 Å². The minimum absolute atomic E-state index is 0.0298. The highest BCUT2D eigenvalue weighted by atomic mass is 16.5. The molecule has 0 fully saturated rings. The Morgan fingerprint density at radius 1 is 1.04 bits per heavy atom. The van der Waals surface area contributed by atoms with E-state index in [1.165, 1.54) is 11.1 Å². The van der Waals surface area contributed by atoms with E-state index in [0.717, 1.165) is 12.0 Å². The lowest BCUT2D eigenvalue weighted by molar-refractivity contribution is 0.103. The van der Waals surface area contributed by atoms with Crippen LogP contribution in [0.25, 0.3) is 5.57 Å². The summed E-state index contributed by atoms with van der Waals surface area (Å²) in [4.78, 5) is 13.1. The largest absolute Gasteiger partial charge is 0.497 e. The Labute approximate surface area is 149 Å². The van der Waals surface area contributed by atoms with Crippen LogP contribution in [0.4, 0.5) is 0 Å². The molecule has 0 N–H and O–H groups in total. The van der Waals surface area contributed by atoms with E-state index in [4.69, 9.17) is 4.74 Å². The SMILES string of the molecule is COc1ccc(C2=C(C(C)(C)C)C=CC2)c(C(=O)c2ccccc2)c1. The second-order valence-corrected chi connectivity index (χ2v) is 7.36. The second-order valence-electron chi connectivity index (χ2n) is 7.36. The highest BCUT2D eigenvalue weighted by Crippen LogP contribution is 2.41. The molecular formula is C23H24O2. The van der Waals surface area contributed by atoms with Crippen molar-refractivity contribution in [3.05, 3.63) is 82.9 Å². The van der Waals surface area contributed by atoms with Crippen LogP contribution in [0.1, 0.15) is 48.7 Å². The summed E-state index contributed by atoms with van der Waals surface area (Å²) in [5, 5.41) is 0. The van der Waals surface area contributed by atoms with Crippen LogP contribution in [0.5, 0.6) is 5.75 Å². The van der Waals surface area contributed by atoms with Crippen LogP contribution in [-0.2, 0) is 0 Å². The minimum atomic E-state index is 0.0298. The lowest BCUT2D eigenvalue weighted by Gasteiger charge is -2.23. The molecule has 0 heterocycles. The fraction of sp³-hybridized carbons (Fsp3) is 0.261. The van der Waals surface area contributed by atoms with E-state index in [1.807, 2.05) is 48.5 Å². The second kappa shape index (κ2) is 6.72. The van der Waals surface area contributed by atoms with E-state index in [2.05, 4.69) is 32.9 Å². The van der Waals surface area contributed by atoms with E-state index in [9.17, 15) is 4.79 Å². The van der Waals surface area contributed by atoms with Crippen molar-refractivity contribution >= 4 is 11.4 Å². The average Bonchev–Trinajstić information content (AvgIpc) is 3.11. The lowest BCUT2D eigenvalue weighted by atomic mass is 9.81. The maximum absolute atomic E-state index is 13.1. The maximum atomic E-state index is 13.1. The van der Waals surface area contributed by atoms with Gasteiger partial charge < -0.3 is 4.74 Å². The predicted molar refractivity (Wildman–Crippen MR) is 103 cm³/mol. The number of carbonyl (C=O) groups excluding carboxylic acids is 1. The minimum Gasteiger partial charge on any atom is -0.497 e. The van der Waals surface area contributed by atoms with E-state index >= 15 is 0 Å². The van der Waals surface area contributed by atoms with Gasteiger partial charge in [0.15, 0.2) is 5.78 Å². The molecule has 3 rings (SSSR count). The zero-order valence-corrected chi connectivity index (χ0v) is 15.3.